The molecular formula is CH5N2O2S-. The summed E-state index contributed by atoms with van der Waals surface area (Å²) in [4.78, 5) is 0. The third kappa shape index (κ3) is 2.28. The van der Waals surface area contributed by atoms with Gasteiger partial charge in [-0.25, -0.2) is 0 Å². The van der Waals surface area contributed by atoms with Crippen LogP contribution in [-0.2, 0) is 11.1 Å². The second kappa shape index (κ2) is 2.25. The second-order valence-corrected chi connectivity index (χ2v) is 1.79. The summed E-state index contributed by atoms with van der Waals surface area (Å²) in [6, 6.07) is 0. The summed E-state index contributed by atoms with van der Waals surface area (Å²) in [7, 11) is 0. The fraction of sp³-hybridized carbons (Fsp3) is 1.00. The third-order valence-electron chi connectivity index (χ3n) is 0.222. The Balaban J connectivity index is 3.26. The van der Waals surface area contributed by atoms with Crippen LogP contribution in [0, 0.1) is 0 Å². The number of rotatable bonds is 1. The fourth-order valence-electron chi connectivity index (χ4n) is 0. The molecule has 0 bridgehead atoms. The lowest BCUT2D eigenvalue weighted by atomic mass is 11.2. The van der Waals surface area contributed by atoms with Gasteiger partial charge in [0.2, 0.25) is 0 Å². The predicted octanol–water partition coefficient (Wildman–Crippen LogP) is -1.93. The molecule has 0 aliphatic rings. The third-order valence-corrected chi connectivity index (χ3v) is 0.667. The van der Waals surface area contributed by atoms with Crippen LogP contribution in [-0.4, -0.2) is 14.3 Å². The highest BCUT2D eigenvalue weighted by molar-refractivity contribution is 7.79. The molecule has 6 heavy (non-hydrogen) atoms. The van der Waals surface area contributed by atoms with Crippen molar-refractivity contribution in [2.75, 3.05) is 0 Å². The Labute approximate surface area is 37.8 Å². The van der Waals surface area contributed by atoms with Crippen molar-refractivity contribution in [1.82, 2.24) is 0 Å². The van der Waals surface area contributed by atoms with Gasteiger partial charge in [-0.05, 0) is 11.1 Å². The van der Waals surface area contributed by atoms with E-state index in [0.717, 1.165) is 0 Å². The molecule has 0 fully saturated rings. The fourth-order valence-corrected chi connectivity index (χ4v) is 0. The minimum Gasteiger partial charge on any atom is -0.770 e. The van der Waals surface area contributed by atoms with Crippen LogP contribution in [0.4, 0.5) is 0 Å². The Hall–Kier alpha value is 0.0300. The molecule has 0 saturated heterocycles. The molecule has 0 rings (SSSR count). The summed E-state index contributed by atoms with van der Waals surface area (Å²) in [6.07, 6.45) is 0. The van der Waals surface area contributed by atoms with E-state index < -0.39 is 16.6 Å². The molecule has 38 valence electrons. The Morgan fingerprint density at radius 2 is 1.83 bits per heavy atom. The first kappa shape index (κ1) is 6.03. The summed E-state index contributed by atoms with van der Waals surface area (Å²) in [5, 5.41) is 0. The zero-order chi connectivity index (χ0) is 5.15. The van der Waals surface area contributed by atoms with Crippen LogP contribution in [0.1, 0.15) is 0 Å². The average molecular weight is 109 g/mol. The first-order valence-corrected chi connectivity index (χ1v) is 2.37. The molecule has 0 amide bonds. The van der Waals surface area contributed by atoms with Crippen LogP contribution >= 0.6 is 0 Å². The molecule has 5 heteroatoms. The Morgan fingerprint density at radius 1 is 1.67 bits per heavy atom. The lowest BCUT2D eigenvalue weighted by Crippen LogP contribution is -2.34. The van der Waals surface area contributed by atoms with Crippen molar-refractivity contribution in [3.63, 3.8) is 0 Å². The van der Waals surface area contributed by atoms with Gasteiger partial charge in [-0.2, -0.15) is 0 Å². The summed E-state index contributed by atoms with van der Waals surface area (Å²) in [5.41, 5.74) is 7.97. The molecule has 4 N–H and O–H groups in total. The Bertz CT molecular complexity index is 62.6. The molecule has 0 aromatic carbocycles. The lowest BCUT2D eigenvalue weighted by Gasteiger charge is -2.05. The van der Waals surface area contributed by atoms with E-state index in [1.54, 1.807) is 0 Å². The van der Waals surface area contributed by atoms with Crippen molar-refractivity contribution >= 4 is 11.1 Å². The minimum atomic E-state index is -2.31. The van der Waals surface area contributed by atoms with E-state index in [9.17, 15) is 8.76 Å². The minimum absolute atomic E-state index is 1.23. The van der Waals surface area contributed by atoms with E-state index >= 15 is 0 Å². The van der Waals surface area contributed by atoms with Gasteiger partial charge in [0.05, 0.1) is 0 Å². The van der Waals surface area contributed by atoms with Crippen LogP contribution < -0.4 is 11.5 Å². The smallest absolute Gasteiger partial charge is 0.117 e. The monoisotopic (exact) mass is 109 g/mol. The van der Waals surface area contributed by atoms with Gasteiger partial charge in [-0.1, -0.05) is 0 Å². The van der Waals surface area contributed by atoms with E-state index in [-0.39, 0.29) is 0 Å². The van der Waals surface area contributed by atoms with Crippen LogP contribution in [0.2, 0.25) is 0 Å². The van der Waals surface area contributed by atoms with Gasteiger partial charge in [0.25, 0.3) is 0 Å². The maximum absolute atomic E-state index is 9.45. The van der Waals surface area contributed by atoms with E-state index in [0.29, 0.717) is 0 Å². The van der Waals surface area contributed by atoms with E-state index in [1.807, 2.05) is 0 Å². The molecule has 0 heterocycles. The van der Waals surface area contributed by atoms with Gasteiger partial charge in [0, 0.05) is 0 Å². The van der Waals surface area contributed by atoms with Gasteiger partial charge in [0.1, 0.15) is 5.50 Å². The van der Waals surface area contributed by atoms with Crippen molar-refractivity contribution < 1.29 is 8.76 Å². The maximum Gasteiger partial charge on any atom is 0.117 e. The molecule has 0 radical (unpaired) electrons. The topological polar surface area (TPSA) is 92.2 Å². The number of hydrogen-bond donors (Lipinski definition) is 2. The molecule has 1 atom stereocenters. The molecule has 0 aromatic rings. The summed E-state index contributed by atoms with van der Waals surface area (Å²) in [5.74, 6) is 0. The highest BCUT2D eigenvalue weighted by Crippen LogP contribution is 1.66. The summed E-state index contributed by atoms with van der Waals surface area (Å²) < 4.78 is 18.9. The van der Waals surface area contributed by atoms with Crippen LogP contribution in [0.3, 0.4) is 0 Å². The zero-order valence-corrected chi connectivity index (χ0v) is 3.77. The highest BCUT2D eigenvalue weighted by atomic mass is 32.2. The van der Waals surface area contributed by atoms with Crippen molar-refractivity contribution in [3.8, 4) is 0 Å². The average Bonchev–Trinajstić information content (AvgIpc) is 1.36. The van der Waals surface area contributed by atoms with Gasteiger partial charge < -0.3 is 16.0 Å². The predicted molar refractivity (Wildman–Crippen MR) is 21.1 cm³/mol. The zero-order valence-electron chi connectivity index (χ0n) is 2.96. The molecule has 1 unspecified atom stereocenters. The first-order chi connectivity index (χ1) is 2.64. The van der Waals surface area contributed by atoms with Gasteiger partial charge in [-0.3, -0.25) is 4.21 Å². The van der Waals surface area contributed by atoms with Gasteiger partial charge in [0.15, 0.2) is 0 Å². The van der Waals surface area contributed by atoms with E-state index in [1.165, 1.54) is 0 Å². The molecule has 0 aliphatic heterocycles. The van der Waals surface area contributed by atoms with Crippen LogP contribution in [0.15, 0.2) is 0 Å². The summed E-state index contributed by atoms with van der Waals surface area (Å²) >= 11 is -2.31. The SMILES string of the molecule is NC(N)S(=O)[O-]. The van der Waals surface area contributed by atoms with Crippen molar-refractivity contribution in [2.45, 2.75) is 5.50 Å². The molecule has 4 nitrogen and oxygen atoms in total. The molecular weight excluding hydrogens is 104 g/mol. The van der Waals surface area contributed by atoms with Crippen LogP contribution in [0.25, 0.3) is 0 Å². The normalized spacial score (nSPS) is 15.3. The van der Waals surface area contributed by atoms with Crippen molar-refractivity contribution in [3.05, 3.63) is 0 Å². The highest BCUT2D eigenvalue weighted by Gasteiger charge is 1.85. The van der Waals surface area contributed by atoms with E-state index in [2.05, 4.69) is 11.5 Å². The Kier molecular flexibility index (Phi) is 2.26. The standard InChI is InChI=1S/CH6N2O2S/c2-1(3)6(4)5/h1H,2-3H2,(H,4,5)/p-1. The summed E-state index contributed by atoms with van der Waals surface area (Å²) in [6.45, 7) is 0. The number of hydrogen-bond acceptors (Lipinski definition) is 4. The quantitative estimate of drug-likeness (QED) is 0.303. The largest absolute Gasteiger partial charge is 0.770 e. The van der Waals surface area contributed by atoms with Crippen molar-refractivity contribution in [1.29, 1.82) is 0 Å². The molecule has 0 spiro atoms. The van der Waals surface area contributed by atoms with E-state index in [4.69, 9.17) is 0 Å². The first-order valence-electron chi connectivity index (χ1n) is 1.24. The molecule has 0 aromatic heterocycles. The molecule has 0 saturated carbocycles. The van der Waals surface area contributed by atoms with Gasteiger partial charge >= 0.3 is 0 Å². The second-order valence-electron chi connectivity index (χ2n) is 0.725. The van der Waals surface area contributed by atoms with Crippen LogP contribution in [0.5, 0.6) is 0 Å². The lowest BCUT2D eigenvalue weighted by molar-refractivity contribution is 0.524. The molecule has 0 aliphatic carbocycles. The van der Waals surface area contributed by atoms with Gasteiger partial charge in [-0.15, -0.1) is 0 Å². The Morgan fingerprint density at radius 3 is 1.83 bits per heavy atom. The number of nitrogens with two attached hydrogens (primary N) is 2. The van der Waals surface area contributed by atoms with Crippen molar-refractivity contribution in [2.24, 2.45) is 11.5 Å². The maximum atomic E-state index is 9.45.